The highest BCUT2D eigenvalue weighted by atomic mass is 35.5. The van der Waals surface area contributed by atoms with Crippen LogP contribution in [0.15, 0.2) is 88.4 Å². The zero-order chi connectivity index (χ0) is 24.8. The zero-order valence-electron chi connectivity index (χ0n) is 18.6. The van der Waals surface area contributed by atoms with Gasteiger partial charge in [-0.05, 0) is 48.9 Å². The number of nitrogens with zero attached hydrogens (tertiary/aromatic N) is 2. The van der Waals surface area contributed by atoms with E-state index in [9.17, 15) is 14.9 Å². The van der Waals surface area contributed by atoms with Crippen LogP contribution in [0.1, 0.15) is 27.2 Å². The molecule has 0 atom stereocenters. The molecule has 1 amide bonds. The van der Waals surface area contributed by atoms with Gasteiger partial charge in [0.2, 0.25) is 0 Å². The van der Waals surface area contributed by atoms with Crippen molar-refractivity contribution in [3.63, 3.8) is 0 Å². The molecule has 8 nitrogen and oxygen atoms in total. The smallest absolute Gasteiger partial charge is 0.280 e. The predicted molar refractivity (Wildman–Crippen MR) is 133 cm³/mol. The second-order valence-electron chi connectivity index (χ2n) is 7.56. The zero-order valence-corrected chi connectivity index (χ0v) is 19.4. The van der Waals surface area contributed by atoms with Crippen molar-refractivity contribution in [3.05, 3.63) is 116 Å². The summed E-state index contributed by atoms with van der Waals surface area (Å²) >= 11 is 6.17. The molecule has 0 unspecified atom stereocenters. The van der Waals surface area contributed by atoms with E-state index in [1.807, 2.05) is 18.2 Å². The van der Waals surface area contributed by atoms with Gasteiger partial charge in [-0.15, -0.1) is 0 Å². The lowest BCUT2D eigenvalue weighted by Gasteiger charge is -2.11. The van der Waals surface area contributed by atoms with E-state index in [1.165, 1.54) is 12.3 Å². The van der Waals surface area contributed by atoms with Gasteiger partial charge < -0.3 is 9.15 Å². The molecule has 1 heterocycles. The maximum absolute atomic E-state index is 12.7. The molecule has 0 bridgehead atoms. The lowest BCUT2D eigenvalue weighted by atomic mass is 10.1. The van der Waals surface area contributed by atoms with Gasteiger partial charge in [0.05, 0.1) is 22.3 Å². The summed E-state index contributed by atoms with van der Waals surface area (Å²) in [6.45, 7) is 1.98. The Kier molecular flexibility index (Phi) is 7.23. The number of carbonyl (C=O) groups excluding carboxylic acids is 1. The van der Waals surface area contributed by atoms with Crippen molar-refractivity contribution in [2.45, 2.75) is 13.5 Å². The number of benzene rings is 3. The van der Waals surface area contributed by atoms with Crippen LogP contribution in [-0.2, 0) is 6.61 Å². The van der Waals surface area contributed by atoms with Crippen molar-refractivity contribution in [1.29, 1.82) is 0 Å². The first-order chi connectivity index (χ1) is 16.9. The van der Waals surface area contributed by atoms with E-state index in [0.29, 0.717) is 33.4 Å². The minimum absolute atomic E-state index is 0.0514. The quantitative estimate of drug-likeness (QED) is 0.181. The first kappa shape index (κ1) is 23.7. The summed E-state index contributed by atoms with van der Waals surface area (Å²) in [5, 5.41) is 15.9. The van der Waals surface area contributed by atoms with E-state index in [4.69, 9.17) is 20.8 Å². The van der Waals surface area contributed by atoms with Crippen LogP contribution in [-0.4, -0.2) is 17.0 Å². The number of aryl methyl sites for hydroxylation is 1. The van der Waals surface area contributed by atoms with Crippen LogP contribution in [0.2, 0.25) is 5.02 Å². The third-order valence-electron chi connectivity index (χ3n) is 5.07. The molecule has 1 aromatic heterocycles. The van der Waals surface area contributed by atoms with E-state index in [-0.39, 0.29) is 12.3 Å². The highest BCUT2D eigenvalue weighted by Crippen LogP contribution is 2.31. The number of halogens is 1. The lowest BCUT2D eigenvalue weighted by Crippen LogP contribution is -2.18. The second-order valence-corrected chi connectivity index (χ2v) is 7.96. The van der Waals surface area contributed by atoms with E-state index in [1.54, 1.807) is 61.5 Å². The number of nitrogens with one attached hydrogen (secondary N) is 1. The largest absolute Gasteiger partial charge is 0.488 e. The van der Waals surface area contributed by atoms with Gasteiger partial charge in [0.1, 0.15) is 23.9 Å². The minimum atomic E-state index is -0.475. The molecule has 4 aromatic rings. The molecular formula is C26H20ClN3O5. The summed E-state index contributed by atoms with van der Waals surface area (Å²) in [7, 11) is 0. The minimum Gasteiger partial charge on any atom is -0.488 e. The molecule has 0 radical (unpaired) electrons. The van der Waals surface area contributed by atoms with E-state index in [2.05, 4.69) is 10.5 Å². The van der Waals surface area contributed by atoms with E-state index in [0.717, 1.165) is 11.1 Å². The molecule has 35 heavy (non-hydrogen) atoms. The highest BCUT2D eigenvalue weighted by Gasteiger charge is 2.18. The van der Waals surface area contributed by atoms with Gasteiger partial charge in [-0.1, -0.05) is 48.0 Å². The van der Waals surface area contributed by atoms with Gasteiger partial charge in [-0.3, -0.25) is 14.9 Å². The van der Waals surface area contributed by atoms with Crippen LogP contribution in [0.25, 0.3) is 11.3 Å². The SMILES string of the molecule is Cc1ccc(-c2ccc(/C=N/NC(=O)c3ccccc3OCc3ccccc3Cl)o2)c([N+](=O)[O-])c1. The van der Waals surface area contributed by atoms with E-state index < -0.39 is 10.8 Å². The maximum atomic E-state index is 12.7. The van der Waals surface area contributed by atoms with Crippen molar-refractivity contribution in [2.75, 3.05) is 0 Å². The number of rotatable bonds is 8. The summed E-state index contributed by atoms with van der Waals surface area (Å²) in [5.74, 6) is 0.547. The summed E-state index contributed by atoms with van der Waals surface area (Å²) < 4.78 is 11.5. The second kappa shape index (κ2) is 10.7. The number of hydrogen-bond donors (Lipinski definition) is 1. The Morgan fingerprint density at radius 1 is 1.11 bits per heavy atom. The molecule has 4 rings (SSSR count). The van der Waals surface area contributed by atoms with Crippen molar-refractivity contribution >= 4 is 29.4 Å². The standard InChI is InChI=1S/C26H20ClN3O5/c1-17-10-12-20(23(14-17)30(32)33)25-13-11-19(35-25)15-28-29-26(31)21-7-3-5-9-24(21)34-16-18-6-2-4-8-22(18)27/h2-15H,16H2,1H3,(H,29,31)/b28-15+. The molecule has 0 saturated heterocycles. The highest BCUT2D eigenvalue weighted by molar-refractivity contribution is 6.31. The third kappa shape index (κ3) is 5.74. The van der Waals surface area contributed by atoms with Crippen LogP contribution in [0, 0.1) is 17.0 Å². The molecule has 1 N–H and O–H groups in total. The first-order valence-corrected chi connectivity index (χ1v) is 10.9. The van der Waals surface area contributed by atoms with Gasteiger partial charge in [0, 0.05) is 16.7 Å². The summed E-state index contributed by atoms with van der Waals surface area (Å²) in [4.78, 5) is 23.6. The molecule has 0 spiro atoms. The van der Waals surface area contributed by atoms with Crippen molar-refractivity contribution in [3.8, 4) is 17.1 Å². The number of hydrogen-bond acceptors (Lipinski definition) is 6. The Bertz CT molecular complexity index is 1410. The molecule has 0 aliphatic heterocycles. The number of nitro benzene ring substituents is 1. The molecule has 9 heteroatoms. The number of amides is 1. The Hall–Kier alpha value is -4.43. The number of ether oxygens (including phenoxy) is 1. The van der Waals surface area contributed by atoms with E-state index >= 15 is 0 Å². The van der Waals surface area contributed by atoms with Crippen LogP contribution in [0.5, 0.6) is 5.75 Å². The van der Waals surface area contributed by atoms with Crippen LogP contribution < -0.4 is 10.2 Å². The molecule has 3 aromatic carbocycles. The Morgan fingerprint density at radius 2 is 1.89 bits per heavy atom. The third-order valence-corrected chi connectivity index (χ3v) is 5.44. The fraction of sp³-hybridized carbons (Fsp3) is 0.0769. The Balaban J connectivity index is 1.43. The van der Waals surface area contributed by atoms with Gasteiger partial charge in [-0.2, -0.15) is 5.10 Å². The monoisotopic (exact) mass is 489 g/mol. The van der Waals surface area contributed by atoms with Gasteiger partial charge in [0.25, 0.3) is 11.6 Å². The van der Waals surface area contributed by atoms with Crippen molar-refractivity contribution < 1.29 is 18.9 Å². The van der Waals surface area contributed by atoms with Crippen molar-refractivity contribution in [2.24, 2.45) is 5.10 Å². The molecule has 176 valence electrons. The number of nitro groups is 1. The van der Waals surface area contributed by atoms with Gasteiger partial charge in [-0.25, -0.2) is 5.43 Å². The maximum Gasteiger partial charge on any atom is 0.280 e. The fourth-order valence-corrected chi connectivity index (χ4v) is 3.52. The summed E-state index contributed by atoms with van der Waals surface area (Å²) in [6.07, 6.45) is 1.31. The van der Waals surface area contributed by atoms with Crippen LogP contribution in [0.3, 0.4) is 0 Å². The van der Waals surface area contributed by atoms with Gasteiger partial charge >= 0.3 is 0 Å². The average molecular weight is 490 g/mol. The normalized spacial score (nSPS) is 10.9. The van der Waals surface area contributed by atoms with Gasteiger partial charge in [0.15, 0.2) is 0 Å². The van der Waals surface area contributed by atoms with Crippen LogP contribution in [0.4, 0.5) is 5.69 Å². The lowest BCUT2D eigenvalue weighted by molar-refractivity contribution is -0.384. The number of para-hydroxylation sites is 1. The predicted octanol–water partition coefficient (Wildman–Crippen LogP) is 6.16. The van der Waals surface area contributed by atoms with Crippen LogP contribution >= 0.6 is 11.6 Å². The molecule has 0 fully saturated rings. The molecule has 0 aliphatic rings. The Morgan fingerprint density at radius 3 is 2.69 bits per heavy atom. The molecule has 0 aliphatic carbocycles. The summed E-state index contributed by atoms with van der Waals surface area (Å²) in [5.41, 5.74) is 4.61. The number of hydrazone groups is 1. The fourth-order valence-electron chi connectivity index (χ4n) is 3.33. The average Bonchev–Trinajstić information content (AvgIpc) is 3.32. The number of furan rings is 1. The molecule has 0 saturated carbocycles. The topological polar surface area (TPSA) is 107 Å². The molecular weight excluding hydrogens is 470 g/mol. The Labute approximate surface area is 206 Å². The number of carbonyl (C=O) groups is 1. The van der Waals surface area contributed by atoms with Crippen molar-refractivity contribution in [1.82, 2.24) is 5.43 Å². The first-order valence-electron chi connectivity index (χ1n) is 10.6. The summed E-state index contributed by atoms with van der Waals surface area (Å²) in [6, 6.07) is 22.2.